The van der Waals surface area contributed by atoms with E-state index in [4.69, 9.17) is 5.73 Å². The van der Waals surface area contributed by atoms with E-state index in [-0.39, 0.29) is 5.75 Å². The zero-order valence-electron chi connectivity index (χ0n) is 12.4. The summed E-state index contributed by atoms with van der Waals surface area (Å²) in [5, 5.41) is 0. The number of hydrogen-bond acceptors (Lipinski definition) is 4. The van der Waals surface area contributed by atoms with Crippen LogP contribution in [0.3, 0.4) is 0 Å². The van der Waals surface area contributed by atoms with Gasteiger partial charge in [-0.05, 0) is 36.6 Å². The third-order valence-electron chi connectivity index (χ3n) is 2.99. The molecule has 0 amide bonds. The second-order valence-corrected chi connectivity index (χ2v) is 8.60. The van der Waals surface area contributed by atoms with Crippen LogP contribution in [0.25, 0.3) is 0 Å². The lowest BCUT2D eigenvalue weighted by atomic mass is 10.1. The Labute approximate surface area is 126 Å². The molecule has 20 heavy (non-hydrogen) atoms. The number of nitrogens with two attached hydrogens (primary N) is 1. The van der Waals surface area contributed by atoms with Crippen LogP contribution >= 0.6 is 11.8 Å². The van der Waals surface area contributed by atoms with Crippen molar-refractivity contribution in [3.05, 3.63) is 24.3 Å². The van der Waals surface area contributed by atoms with Gasteiger partial charge >= 0.3 is 0 Å². The summed E-state index contributed by atoms with van der Waals surface area (Å²) in [6.07, 6.45) is 0.890. The van der Waals surface area contributed by atoms with Gasteiger partial charge in [0.2, 0.25) is 10.0 Å². The fourth-order valence-corrected chi connectivity index (χ4v) is 4.00. The first-order valence-corrected chi connectivity index (χ1v) is 9.33. The van der Waals surface area contributed by atoms with Crippen LogP contribution in [-0.2, 0) is 10.0 Å². The lowest BCUT2D eigenvalue weighted by Gasteiger charge is -2.18. The third-order valence-corrected chi connectivity index (χ3v) is 6.11. The fraction of sp³-hybridized carbons (Fsp3) is 0.571. The molecule has 0 heterocycles. The van der Waals surface area contributed by atoms with Crippen LogP contribution in [0.5, 0.6) is 0 Å². The third kappa shape index (κ3) is 6.15. The number of anilines is 1. The summed E-state index contributed by atoms with van der Waals surface area (Å²) >= 11 is 1.54. The topological polar surface area (TPSA) is 63.4 Å². The van der Waals surface area contributed by atoms with Crippen molar-refractivity contribution in [3.63, 3.8) is 0 Å². The minimum absolute atomic E-state index is 0.163. The number of nitrogen functional groups attached to an aromatic ring is 1. The number of thioether (sulfide) groups is 1. The molecule has 1 aromatic carbocycles. The van der Waals surface area contributed by atoms with Crippen LogP contribution in [0.2, 0.25) is 0 Å². The van der Waals surface area contributed by atoms with Gasteiger partial charge in [-0.3, -0.25) is 0 Å². The lowest BCUT2D eigenvalue weighted by Crippen LogP contribution is -2.31. The van der Waals surface area contributed by atoms with Gasteiger partial charge in [0.05, 0.1) is 5.75 Å². The second kappa shape index (κ2) is 7.90. The largest absolute Gasteiger partial charge is 0.399 e. The molecule has 0 aliphatic carbocycles. The van der Waals surface area contributed by atoms with Gasteiger partial charge in [0, 0.05) is 29.9 Å². The van der Waals surface area contributed by atoms with E-state index in [1.165, 1.54) is 16.1 Å². The van der Waals surface area contributed by atoms with Crippen LogP contribution < -0.4 is 5.73 Å². The van der Waals surface area contributed by atoms with Gasteiger partial charge in [0.1, 0.15) is 0 Å². The van der Waals surface area contributed by atoms with Crippen molar-refractivity contribution in [1.82, 2.24) is 4.31 Å². The van der Waals surface area contributed by atoms with Gasteiger partial charge in [-0.25, -0.2) is 12.7 Å². The zero-order chi connectivity index (χ0) is 15.2. The molecular weight excluding hydrogens is 292 g/mol. The monoisotopic (exact) mass is 316 g/mol. The summed E-state index contributed by atoms with van der Waals surface area (Å²) < 4.78 is 25.6. The van der Waals surface area contributed by atoms with E-state index >= 15 is 0 Å². The molecule has 0 saturated heterocycles. The Morgan fingerprint density at radius 3 is 2.40 bits per heavy atom. The minimum Gasteiger partial charge on any atom is -0.399 e. The van der Waals surface area contributed by atoms with Crippen molar-refractivity contribution in [1.29, 1.82) is 0 Å². The first kappa shape index (κ1) is 17.3. The van der Waals surface area contributed by atoms with Crippen molar-refractivity contribution < 1.29 is 8.42 Å². The minimum atomic E-state index is -3.15. The molecule has 0 radical (unpaired) electrons. The SMILES string of the molecule is CC(C)CCN(C)S(=O)(=O)CCSc1ccc(N)cc1. The van der Waals surface area contributed by atoms with E-state index in [2.05, 4.69) is 13.8 Å². The van der Waals surface area contributed by atoms with Gasteiger partial charge in [-0.2, -0.15) is 0 Å². The average molecular weight is 316 g/mol. The molecule has 4 nitrogen and oxygen atoms in total. The summed E-state index contributed by atoms with van der Waals surface area (Å²) in [5.41, 5.74) is 6.33. The van der Waals surface area contributed by atoms with Crippen LogP contribution in [0.4, 0.5) is 5.69 Å². The second-order valence-electron chi connectivity index (χ2n) is 5.24. The average Bonchev–Trinajstić information content (AvgIpc) is 2.38. The van der Waals surface area contributed by atoms with Crippen molar-refractivity contribution in [2.45, 2.75) is 25.2 Å². The predicted octanol–water partition coefficient (Wildman–Crippen LogP) is 2.67. The highest BCUT2D eigenvalue weighted by Gasteiger charge is 2.17. The highest BCUT2D eigenvalue weighted by Crippen LogP contribution is 2.19. The van der Waals surface area contributed by atoms with E-state index in [9.17, 15) is 8.42 Å². The molecule has 0 fully saturated rings. The smallest absolute Gasteiger partial charge is 0.214 e. The number of benzene rings is 1. The van der Waals surface area contributed by atoms with E-state index in [0.29, 0.717) is 18.2 Å². The molecule has 0 aliphatic heterocycles. The standard InChI is InChI=1S/C14H24N2O2S2/c1-12(2)8-9-16(3)20(17,18)11-10-19-14-6-4-13(15)5-7-14/h4-7,12H,8-11,15H2,1-3H3. The van der Waals surface area contributed by atoms with E-state index in [1.807, 2.05) is 24.3 Å². The molecule has 0 spiro atoms. The molecule has 0 saturated carbocycles. The molecule has 114 valence electrons. The first-order valence-electron chi connectivity index (χ1n) is 6.73. The molecule has 6 heteroatoms. The van der Waals surface area contributed by atoms with Crippen LogP contribution in [0, 0.1) is 5.92 Å². The van der Waals surface area contributed by atoms with Gasteiger partial charge < -0.3 is 5.73 Å². The first-order chi connectivity index (χ1) is 9.31. The predicted molar refractivity (Wildman–Crippen MR) is 87.5 cm³/mol. The Hall–Kier alpha value is -0.720. The lowest BCUT2D eigenvalue weighted by molar-refractivity contribution is 0.429. The molecule has 0 atom stereocenters. The summed E-state index contributed by atoms with van der Waals surface area (Å²) in [7, 11) is -1.49. The van der Waals surface area contributed by atoms with Crippen LogP contribution in [0.1, 0.15) is 20.3 Å². The Bertz CT molecular complexity index is 498. The maximum atomic E-state index is 12.1. The molecule has 1 aromatic rings. The zero-order valence-corrected chi connectivity index (χ0v) is 14.0. The molecule has 0 bridgehead atoms. The summed E-state index contributed by atoms with van der Waals surface area (Å²) in [6.45, 7) is 4.78. The highest BCUT2D eigenvalue weighted by molar-refractivity contribution is 8.00. The van der Waals surface area contributed by atoms with Gasteiger partial charge in [0.15, 0.2) is 0 Å². The molecule has 0 aromatic heterocycles. The number of rotatable bonds is 8. The Morgan fingerprint density at radius 1 is 1.25 bits per heavy atom. The number of sulfonamides is 1. The normalized spacial score (nSPS) is 12.2. The summed E-state index contributed by atoms with van der Waals surface area (Å²) in [6, 6.07) is 7.47. The maximum absolute atomic E-state index is 12.1. The van der Waals surface area contributed by atoms with Gasteiger partial charge in [0.25, 0.3) is 0 Å². The fourth-order valence-electron chi connectivity index (χ4n) is 1.56. The van der Waals surface area contributed by atoms with Crippen molar-refractivity contribution in [2.75, 3.05) is 30.8 Å². The Balaban J connectivity index is 2.41. The van der Waals surface area contributed by atoms with E-state index < -0.39 is 10.0 Å². The Morgan fingerprint density at radius 2 is 1.85 bits per heavy atom. The van der Waals surface area contributed by atoms with Crippen molar-refractivity contribution in [2.24, 2.45) is 5.92 Å². The van der Waals surface area contributed by atoms with Gasteiger partial charge in [-0.1, -0.05) is 13.8 Å². The molecule has 0 unspecified atom stereocenters. The van der Waals surface area contributed by atoms with Crippen molar-refractivity contribution in [3.8, 4) is 0 Å². The molecular formula is C14H24N2O2S2. The number of hydrogen-bond donors (Lipinski definition) is 1. The summed E-state index contributed by atoms with van der Waals surface area (Å²) in [4.78, 5) is 1.04. The van der Waals surface area contributed by atoms with Crippen LogP contribution in [0.15, 0.2) is 29.2 Å². The number of nitrogens with zero attached hydrogens (tertiary/aromatic N) is 1. The maximum Gasteiger partial charge on any atom is 0.214 e. The molecule has 2 N–H and O–H groups in total. The highest BCUT2D eigenvalue weighted by atomic mass is 32.2. The van der Waals surface area contributed by atoms with E-state index in [0.717, 1.165) is 17.0 Å². The molecule has 1 rings (SSSR count). The van der Waals surface area contributed by atoms with Crippen LogP contribution in [-0.4, -0.2) is 37.8 Å². The van der Waals surface area contributed by atoms with Crippen molar-refractivity contribution >= 4 is 27.5 Å². The molecule has 0 aliphatic rings. The quantitative estimate of drug-likeness (QED) is 0.591. The Kier molecular flexibility index (Phi) is 6.85. The van der Waals surface area contributed by atoms with E-state index in [1.54, 1.807) is 7.05 Å². The summed E-state index contributed by atoms with van der Waals surface area (Å²) in [5.74, 6) is 1.23. The van der Waals surface area contributed by atoms with Gasteiger partial charge in [-0.15, -0.1) is 11.8 Å².